The number of anilines is 1. The summed E-state index contributed by atoms with van der Waals surface area (Å²) in [6, 6.07) is 14.2. The highest BCUT2D eigenvalue weighted by molar-refractivity contribution is 6.30. The first-order valence-electron chi connectivity index (χ1n) is 9.15. The second kappa shape index (κ2) is 9.02. The number of hydrogen-bond acceptors (Lipinski definition) is 3. The van der Waals surface area contributed by atoms with E-state index in [4.69, 9.17) is 16.3 Å². The molecule has 2 aromatic carbocycles. The van der Waals surface area contributed by atoms with E-state index in [2.05, 4.69) is 10.6 Å². The summed E-state index contributed by atoms with van der Waals surface area (Å²) >= 11 is 6.06. The van der Waals surface area contributed by atoms with E-state index in [0.29, 0.717) is 22.9 Å². The number of halogens is 1. The third-order valence-corrected chi connectivity index (χ3v) is 4.81. The van der Waals surface area contributed by atoms with Crippen molar-refractivity contribution in [3.63, 3.8) is 0 Å². The topological polar surface area (TPSA) is 67.4 Å². The molecule has 6 heteroatoms. The van der Waals surface area contributed by atoms with Crippen molar-refractivity contribution < 1.29 is 14.3 Å². The second-order valence-electron chi connectivity index (χ2n) is 6.56. The third-order valence-electron chi connectivity index (χ3n) is 4.58. The highest BCUT2D eigenvalue weighted by Gasteiger charge is 2.23. The molecule has 0 saturated carbocycles. The predicted octanol–water partition coefficient (Wildman–Crippen LogP) is 4.34. The SMILES string of the molecule is CCC(NC(=O)c1cccc(NC(=O)C2CCCO2)c1)c1cccc(Cl)c1. The van der Waals surface area contributed by atoms with Gasteiger partial charge in [-0.15, -0.1) is 0 Å². The lowest BCUT2D eigenvalue weighted by Gasteiger charge is -2.18. The number of benzene rings is 2. The quantitative estimate of drug-likeness (QED) is 0.776. The smallest absolute Gasteiger partial charge is 0.253 e. The molecule has 0 aliphatic carbocycles. The summed E-state index contributed by atoms with van der Waals surface area (Å²) in [5, 5.41) is 6.49. The van der Waals surface area contributed by atoms with Crippen molar-refractivity contribution in [1.82, 2.24) is 5.32 Å². The predicted molar refractivity (Wildman–Crippen MR) is 106 cm³/mol. The Morgan fingerprint density at radius 3 is 2.74 bits per heavy atom. The molecule has 1 heterocycles. The van der Waals surface area contributed by atoms with Crippen LogP contribution >= 0.6 is 11.6 Å². The number of ether oxygens (including phenoxy) is 1. The Kier molecular flexibility index (Phi) is 6.48. The van der Waals surface area contributed by atoms with Crippen molar-refractivity contribution in [1.29, 1.82) is 0 Å². The van der Waals surface area contributed by atoms with Crippen molar-refractivity contribution >= 4 is 29.1 Å². The van der Waals surface area contributed by atoms with Gasteiger partial charge in [0.2, 0.25) is 0 Å². The molecule has 0 radical (unpaired) electrons. The number of nitrogens with one attached hydrogen (secondary N) is 2. The van der Waals surface area contributed by atoms with Crippen LogP contribution in [-0.2, 0) is 9.53 Å². The molecule has 1 fully saturated rings. The molecule has 1 saturated heterocycles. The first-order chi connectivity index (χ1) is 13.1. The lowest BCUT2D eigenvalue weighted by Crippen LogP contribution is -2.29. The molecule has 2 aromatic rings. The van der Waals surface area contributed by atoms with Crippen LogP contribution in [0.2, 0.25) is 5.02 Å². The number of carbonyl (C=O) groups excluding carboxylic acids is 2. The largest absolute Gasteiger partial charge is 0.368 e. The van der Waals surface area contributed by atoms with E-state index in [1.807, 2.05) is 25.1 Å². The Labute approximate surface area is 164 Å². The van der Waals surface area contributed by atoms with Gasteiger partial charge in [0.25, 0.3) is 11.8 Å². The minimum absolute atomic E-state index is 0.138. The molecule has 142 valence electrons. The summed E-state index contributed by atoms with van der Waals surface area (Å²) < 4.78 is 5.39. The molecular formula is C21H23ClN2O3. The molecule has 2 amide bonds. The van der Waals surface area contributed by atoms with Crippen molar-refractivity contribution in [2.75, 3.05) is 11.9 Å². The van der Waals surface area contributed by atoms with Gasteiger partial charge in [-0.3, -0.25) is 9.59 Å². The van der Waals surface area contributed by atoms with Crippen molar-refractivity contribution in [2.45, 2.75) is 38.3 Å². The third kappa shape index (κ3) is 5.08. The van der Waals surface area contributed by atoms with E-state index < -0.39 is 6.10 Å². The minimum Gasteiger partial charge on any atom is -0.368 e. The van der Waals surface area contributed by atoms with Crippen molar-refractivity contribution in [2.24, 2.45) is 0 Å². The van der Waals surface area contributed by atoms with Gasteiger partial charge >= 0.3 is 0 Å². The summed E-state index contributed by atoms with van der Waals surface area (Å²) in [5.41, 5.74) is 2.03. The number of carbonyl (C=O) groups is 2. The number of amides is 2. The van der Waals surface area contributed by atoms with Crippen LogP contribution in [0.15, 0.2) is 48.5 Å². The maximum atomic E-state index is 12.7. The Morgan fingerprint density at radius 2 is 2.04 bits per heavy atom. The average molecular weight is 387 g/mol. The monoisotopic (exact) mass is 386 g/mol. The molecule has 2 atom stereocenters. The Morgan fingerprint density at radius 1 is 1.22 bits per heavy atom. The highest BCUT2D eigenvalue weighted by atomic mass is 35.5. The zero-order chi connectivity index (χ0) is 19.2. The lowest BCUT2D eigenvalue weighted by atomic mass is 10.0. The van der Waals surface area contributed by atoms with Crippen LogP contribution in [0.4, 0.5) is 5.69 Å². The fraction of sp³-hybridized carbons (Fsp3) is 0.333. The number of hydrogen-bond donors (Lipinski definition) is 2. The molecule has 27 heavy (non-hydrogen) atoms. The van der Waals surface area contributed by atoms with Gasteiger partial charge in [-0.1, -0.05) is 36.7 Å². The average Bonchev–Trinajstić information content (AvgIpc) is 3.21. The molecule has 0 bridgehead atoms. The molecule has 5 nitrogen and oxygen atoms in total. The van der Waals surface area contributed by atoms with Crippen LogP contribution in [0.5, 0.6) is 0 Å². The van der Waals surface area contributed by atoms with Gasteiger partial charge < -0.3 is 15.4 Å². The summed E-state index contributed by atoms with van der Waals surface area (Å²) in [7, 11) is 0. The second-order valence-corrected chi connectivity index (χ2v) is 7.00. The van der Waals surface area contributed by atoms with Crippen LogP contribution < -0.4 is 10.6 Å². The highest BCUT2D eigenvalue weighted by Crippen LogP contribution is 2.21. The summed E-state index contributed by atoms with van der Waals surface area (Å²) in [5.74, 6) is -0.370. The normalized spacial score (nSPS) is 17.3. The van der Waals surface area contributed by atoms with E-state index in [1.54, 1.807) is 30.3 Å². The van der Waals surface area contributed by atoms with Gasteiger partial charge in [0.05, 0.1) is 6.04 Å². The fourth-order valence-corrected chi connectivity index (χ4v) is 3.33. The van der Waals surface area contributed by atoms with Gasteiger partial charge in [0.1, 0.15) is 6.10 Å². The van der Waals surface area contributed by atoms with Crippen LogP contribution in [0.3, 0.4) is 0 Å². The van der Waals surface area contributed by atoms with Crippen molar-refractivity contribution in [3.8, 4) is 0 Å². The van der Waals surface area contributed by atoms with E-state index in [9.17, 15) is 9.59 Å². The number of rotatable bonds is 6. The summed E-state index contributed by atoms with van der Waals surface area (Å²) in [6.45, 7) is 2.62. The summed E-state index contributed by atoms with van der Waals surface area (Å²) in [4.78, 5) is 24.9. The summed E-state index contributed by atoms with van der Waals surface area (Å²) in [6.07, 6.45) is 1.95. The molecule has 1 aliphatic rings. The van der Waals surface area contributed by atoms with E-state index in [1.165, 1.54) is 0 Å². The fourth-order valence-electron chi connectivity index (χ4n) is 3.13. The minimum atomic E-state index is -0.408. The van der Waals surface area contributed by atoms with E-state index in [0.717, 1.165) is 24.8 Å². The zero-order valence-corrected chi connectivity index (χ0v) is 16.0. The van der Waals surface area contributed by atoms with Gasteiger partial charge in [0.15, 0.2) is 0 Å². The van der Waals surface area contributed by atoms with Gasteiger partial charge in [-0.25, -0.2) is 0 Å². The van der Waals surface area contributed by atoms with Crippen LogP contribution in [0.1, 0.15) is 48.1 Å². The Bertz CT molecular complexity index is 819. The van der Waals surface area contributed by atoms with Crippen LogP contribution in [-0.4, -0.2) is 24.5 Å². The van der Waals surface area contributed by atoms with E-state index >= 15 is 0 Å². The molecule has 2 N–H and O–H groups in total. The van der Waals surface area contributed by atoms with Gasteiger partial charge in [0, 0.05) is 22.9 Å². The van der Waals surface area contributed by atoms with Crippen LogP contribution in [0.25, 0.3) is 0 Å². The molecule has 1 aliphatic heterocycles. The van der Waals surface area contributed by atoms with Gasteiger partial charge in [-0.2, -0.15) is 0 Å². The molecule has 0 spiro atoms. The Hall–Kier alpha value is -2.37. The standard InChI is InChI=1S/C21H23ClN2O3/c1-2-18(14-6-3-8-16(22)12-14)24-20(25)15-7-4-9-17(13-15)23-21(26)19-10-5-11-27-19/h3-4,6-9,12-13,18-19H,2,5,10-11H2,1H3,(H,23,26)(H,24,25). The molecular weight excluding hydrogens is 364 g/mol. The van der Waals surface area contributed by atoms with Gasteiger partial charge in [-0.05, 0) is 55.2 Å². The maximum absolute atomic E-state index is 12.7. The van der Waals surface area contributed by atoms with Crippen LogP contribution in [0, 0.1) is 0 Å². The van der Waals surface area contributed by atoms with Crippen molar-refractivity contribution in [3.05, 3.63) is 64.7 Å². The first-order valence-corrected chi connectivity index (χ1v) is 9.53. The molecule has 3 rings (SSSR count). The maximum Gasteiger partial charge on any atom is 0.253 e. The molecule has 0 aromatic heterocycles. The zero-order valence-electron chi connectivity index (χ0n) is 15.2. The van der Waals surface area contributed by atoms with E-state index in [-0.39, 0.29) is 17.9 Å². The Balaban J connectivity index is 1.68. The molecule has 2 unspecified atom stereocenters. The first kappa shape index (κ1) is 19.4. The lowest BCUT2D eigenvalue weighted by molar-refractivity contribution is -0.124.